The van der Waals surface area contributed by atoms with Crippen molar-refractivity contribution in [1.82, 2.24) is 4.90 Å². The number of carbonyl (C=O) groups is 1. The molecule has 3 heteroatoms. The number of likely N-dealkylation sites (tertiary alicyclic amines) is 1. The largest absolute Gasteiger partial charge is 0.468 e. The van der Waals surface area contributed by atoms with Crippen molar-refractivity contribution in [2.75, 3.05) is 20.2 Å². The van der Waals surface area contributed by atoms with Crippen molar-refractivity contribution in [2.24, 2.45) is 0 Å². The molecule has 0 aromatic rings. The Morgan fingerprint density at radius 2 is 2.46 bits per heavy atom. The lowest BCUT2D eigenvalue weighted by molar-refractivity contribution is -0.151. The minimum absolute atomic E-state index is 0.0105. The second-order valence-corrected chi connectivity index (χ2v) is 3.04. The van der Waals surface area contributed by atoms with Crippen LogP contribution in [0.1, 0.15) is 19.8 Å². The van der Waals surface area contributed by atoms with Gasteiger partial charge in [-0.2, -0.15) is 0 Å². The van der Waals surface area contributed by atoms with Crippen LogP contribution in [0.25, 0.3) is 0 Å². The van der Waals surface area contributed by atoms with Gasteiger partial charge < -0.3 is 4.74 Å². The van der Waals surface area contributed by atoms with Gasteiger partial charge in [-0.3, -0.25) is 9.69 Å². The maximum absolute atomic E-state index is 11.1. The first-order valence-electron chi connectivity index (χ1n) is 4.51. The molecular weight excluding hydrogens is 166 g/mol. The third-order valence-electron chi connectivity index (χ3n) is 2.30. The molecule has 0 aromatic heterocycles. The molecule has 0 aromatic carbocycles. The van der Waals surface area contributed by atoms with Gasteiger partial charge in [0.25, 0.3) is 0 Å². The molecule has 0 spiro atoms. The summed E-state index contributed by atoms with van der Waals surface area (Å²) in [7, 11) is 1.44. The van der Waals surface area contributed by atoms with Gasteiger partial charge in [0.05, 0.1) is 7.11 Å². The fourth-order valence-electron chi connectivity index (χ4n) is 1.44. The van der Waals surface area contributed by atoms with Crippen LogP contribution in [0.5, 0.6) is 0 Å². The molecule has 1 atom stereocenters. The van der Waals surface area contributed by atoms with Crippen LogP contribution in [-0.4, -0.2) is 37.1 Å². The maximum Gasteiger partial charge on any atom is 0.323 e. The van der Waals surface area contributed by atoms with E-state index in [1.165, 1.54) is 7.11 Å². The highest BCUT2D eigenvalue weighted by molar-refractivity contribution is 5.76. The van der Waals surface area contributed by atoms with E-state index in [4.69, 9.17) is 0 Å². The second kappa shape index (κ2) is 4.88. The number of methoxy groups -OCH3 is 1. The highest BCUT2D eigenvalue weighted by Crippen LogP contribution is 2.18. The molecule has 1 heterocycles. The highest BCUT2D eigenvalue weighted by atomic mass is 16.5. The van der Waals surface area contributed by atoms with Gasteiger partial charge in [0.1, 0.15) is 6.04 Å². The predicted octanol–water partition coefficient (Wildman–Crippen LogP) is 0.647. The molecular formula is C10H15NO2. The Balaban J connectivity index is 2.27. The van der Waals surface area contributed by atoms with Crippen LogP contribution in [0.4, 0.5) is 0 Å². The van der Waals surface area contributed by atoms with Crippen molar-refractivity contribution >= 4 is 5.97 Å². The molecule has 0 radical (unpaired) electrons. The van der Waals surface area contributed by atoms with Gasteiger partial charge in [0, 0.05) is 19.5 Å². The standard InChI is InChI=1S/C10H15NO2/c1-3-4-5-7-11-8-6-9(11)10(12)13-2/h9H,5-8H2,1-2H3. The van der Waals surface area contributed by atoms with E-state index in [1.807, 2.05) is 6.92 Å². The van der Waals surface area contributed by atoms with Crippen LogP contribution in [-0.2, 0) is 9.53 Å². The quantitative estimate of drug-likeness (QED) is 0.473. The highest BCUT2D eigenvalue weighted by Gasteiger charge is 2.33. The first-order chi connectivity index (χ1) is 6.29. The predicted molar refractivity (Wildman–Crippen MR) is 50.1 cm³/mol. The van der Waals surface area contributed by atoms with Crippen molar-refractivity contribution in [1.29, 1.82) is 0 Å². The Morgan fingerprint density at radius 3 is 2.92 bits per heavy atom. The van der Waals surface area contributed by atoms with Crippen LogP contribution in [0.3, 0.4) is 0 Å². The van der Waals surface area contributed by atoms with Gasteiger partial charge in [-0.15, -0.1) is 11.8 Å². The summed E-state index contributed by atoms with van der Waals surface area (Å²) >= 11 is 0. The number of carbonyl (C=O) groups excluding carboxylic acids is 1. The summed E-state index contributed by atoms with van der Waals surface area (Å²) in [4.78, 5) is 13.2. The molecule has 1 unspecified atom stereocenters. The molecule has 0 amide bonds. The number of hydrogen-bond donors (Lipinski definition) is 0. The lowest BCUT2D eigenvalue weighted by Gasteiger charge is -2.38. The molecule has 0 bridgehead atoms. The number of rotatable bonds is 3. The lowest BCUT2D eigenvalue weighted by Crippen LogP contribution is -2.52. The summed E-state index contributed by atoms with van der Waals surface area (Å²) in [6.45, 7) is 3.69. The summed E-state index contributed by atoms with van der Waals surface area (Å²) in [6, 6.07) is -0.0105. The Labute approximate surface area is 79.1 Å². The molecule has 3 nitrogen and oxygen atoms in total. The van der Waals surface area contributed by atoms with Crippen LogP contribution < -0.4 is 0 Å². The molecule has 1 saturated heterocycles. The van der Waals surface area contributed by atoms with Crippen LogP contribution >= 0.6 is 0 Å². The molecule has 1 aliphatic heterocycles. The molecule has 1 fully saturated rings. The van der Waals surface area contributed by atoms with E-state index in [1.54, 1.807) is 0 Å². The fraction of sp³-hybridized carbons (Fsp3) is 0.700. The maximum atomic E-state index is 11.1. The van der Waals surface area contributed by atoms with Crippen molar-refractivity contribution in [3.8, 4) is 11.8 Å². The van der Waals surface area contributed by atoms with Gasteiger partial charge in [0.15, 0.2) is 0 Å². The van der Waals surface area contributed by atoms with E-state index < -0.39 is 0 Å². The van der Waals surface area contributed by atoms with Crippen LogP contribution in [0, 0.1) is 11.8 Å². The van der Waals surface area contributed by atoms with Gasteiger partial charge >= 0.3 is 5.97 Å². The van der Waals surface area contributed by atoms with E-state index >= 15 is 0 Å². The van der Waals surface area contributed by atoms with Crippen molar-refractivity contribution in [3.63, 3.8) is 0 Å². The smallest absolute Gasteiger partial charge is 0.323 e. The number of nitrogens with zero attached hydrogens (tertiary/aromatic N) is 1. The van der Waals surface area contributed by atoms with Crippen molar-refractivity contribution in [2.45, 2.75) is 25.8 Å². The minimum Gasteiger partial charge on any atom is -0.468 e. The first kappa shape index (κ1) is 10.1. The van der Waals surface area contributed by atoms with Gasteiger partial charge in [-0.05, 0) is 13.3 Å². The Morgan fingerprint density at radius 1 is 1.69 bits per heavy atom. The summed E-state index contributed by atoms with van der Waals surface area (Å²) in [5.74, 6) is 5.70. The molecule has 0 N–H and O–H groups in total. The molecule has 72 valence electrons. The van der Waals surface area contributed by atoms with Crippen LogP contribution in [0.15, 0.2) is 0 Å². The fourth-order valence-corrected chi connectivity index (χ4v) is 1.44. The van der Waals surface area contributed by atoms with E-state index in [0.717, 1.165) is 25.9 Å². The van der Waals surface area contributed by atoms with E-state index in [-0.39, 0.29) is 12.0 Å². The van der Waals surface area contributed by atoms with Crippen molar-refractivity contribution in [3.05, 3.63) is 0 Å². The van der Waals surface area contributed by atoms with Crippen LogP contribution in [0.2, 0.25) is 0 Å². The molecule has 1 rings (SSSR count). The Bertz CT molecular complexity index is 239. The van der Waals surface area contributed by atoms with E-state index in [2.05, 4.69) is 21.5 Å². The Hall–Kier alpha value is -1.01. The number of ether oxygens (including phenoxy) is 1. The zero-order valence-corrected chi connectivity index (χ0v) is 8.17. The SMILES string of the molecule is CC#CCCN1CCC1C(=O)OC. The minimum atomic E-state index is -0.115. The summed E-state index contributed by atoms with van der Waals surface area (Å²) in [5, 5.41) is 0. The lowest BCUT2D eigenvalue weighted by atomic mass is 10.0. The topological polar surface area (TPSA) is 29.5 Å². The van der Waals surface area contributed by atoms with E-state index in [0.29, 0.717) is 0 Å². The summed E-state index contributed by atoms with van der Waals surface area (Å²) in [6.07, 6.45) is 1.76. The monoisotopic (exact) mass is 181 g/mol. The zero-order valence-electron chi connectivity index (χ0n) is 8.17. The number of hydrogen-bond acceptors (Lipinski definition) is 3. The summed E-state index contributed by atoms with van der Waals surface area (Å²) in [5.41, 5.74) is 0. The van der Waals surface area contributed by atoms with E-state index in [9.17, 15) is 4.79 Å². The van der Waals surface area contributed by atoms with Gasteiger partial charge in [-0.1, -0.05) is 0 Å². The molecule has 0 saturated carbocycles. The first-order valence-corrected chi connectivity index (χ1v) is 4.51. The normalized spacial score (nSPS) is 21.2. The second-order valence-electron chi connectivity index (χ2n) is 3.04. The average Bonchev–Trinajstić information content (AvgIpc) is 2.10. The number of esters is 1. The molecule has 1 aliphatic rings. The van der Waals surface area contributed by atoms with Gasteiger partial charge in [0.2, 0.25) is 0 Å². The average molecular weight is 181 g/mol. The summed E-state index contributed by atoms with van der Waals surface area (Å²) < 4.78 is 4.67. The molecule has 13 heavy (non-hydrogen) atoms. The zero-order chi connectivity index (χ0) is 9.68. The third-order valence-corrected chi connectivity index (χ3v) is 2.30. The molecule has 0 aliphatic carbocycles. The van der Waals surface area contributed by atoms with Crippen molar-refractivity contribution < 1.29 is 9.53 Å². The Kier molecular flexibility index (Phi) is 3.78. The van der Waals surface area contributed by atoms with Gasteiger partial charge in [-0.25, -0.2) is 0 Å². The third kappa shape index (κ3) is 2.46.